The number of pyridine rings is 1. The number of carbonyl (C=O) groups is 1. The largest absolute Gasteiger partial charge is 0.488 e. The SMILES string of the molecule is CNC.Cc1c(OCc2ccc(C#N)nc2)ccc2c(CCC3CCN(C(=O)O)CC3)noc12. The van der Waals surface area contributed by atoms with Gasteiger partial charge in [-0.05, 0) is 70.8 Å². The minimum atomic E-state index is -0.829. The second-order valence-corrected chi connectivity index (χ2v) is 8.40. The van der Waals surface area contributed by atoms with E-state index in [0.29, 0.717) is 31.3 Å². The number of likely N-dealkylation sites (tertiary alicyclic amines) is 1. The summed E-state index contributed by atoms with van der Waals surface area (Å²) >= 11 is 0. The first kappa shape index (κ1) is 25.0. The first-order valence-corrected chi connectivity index (χ1v) is 11.4. The third kappa shape index (κ3) is 6.23. The summed E-state index contributed by atoms with van der Waals surface area (Å²) in [7, 11) is 3.75. The lowest BCUT2D eigenvalue weighted by atomic mass is 9.91. The molecule has 0 bridgehead atoms. The van der Waals surface area contributed by atoms with E-state index in [9.17, 15) is 4.79 Å². The number of fused-ring (bicyclic) bond motifs is 1. The third-order valence-electron chi connectivity index (χ3n) is 5.92. The van der Waals surface area contributed by atoms with Crippen molar-refractivity contribution in [2.75, 3.05) is 27.2 Å². The lowest BCUT2D eigenvalue weighted by molar-refractivity contribution is 0.123. The quantitative estimate of drug-likeness (QED) is 0.556. The van der Waals surface area contributed by atoms with Crippen molar-refractivity contribution in [3.05, 3.63) is 53.0 Å². The molecular formula is C25H31N5O4. The molecule has 0 spiro atoms. The maximum Gasteiger partial charge on any atom is 0.407 e. The number of hydrogen-bond donors (Lipinski definition) is 2. The van der Waals surface area contributed by atoms with Gasteiger partial charge in [-0.2, -0.15) is 5.26 Å². The van der Waals surface area contributed by atoms with E-state index in [1.165, 1.54) is 4.90 Å². The van der Waals surface area contributed by atoms with Gasteiger partial charge in [0.15, 0.2) is 5.58 Å². The number of benzene rings is 1. The van der Waals surface area contributed by atoms with Crippen LogP contribution in [0.25, 0.3) is 11.0 Å². The predicted molar refractivity (Wildman–Crippen MR) is 128 cm³/mol. The number of amides is 1. The lowest BCUT2D eigenvalue weighted by Crippen LogP contribution is -2.37. The zero-order chi connectivity index (χ0) is 24.5. The summed E-state index contributed by atoms with van der Waals surface area (Å²) in [6.45, 7) is 3.51. The summed E-state index contributed by atoms with van der Waals surface area (Å²) in [6.07, 6.45) is 4.37. The van der Waals surface area contributed by atoms with Crippen LogP contribution in [0.3, 0.4) is 0 Å². The Morgan fingerprint density at radius 1 is 1.29 bits per heavy atom. The fourth-order valence-electron chi connectivity index (χ4n) is 4.00. The highest BCUT2D eigenvalue weighted by Gasteiger charge is 2.23. The van der Waals surface area contributed by atoms with E-state index >= 15 is 0 Å². The van der Waals surface area contributed by atoms with Gasteiger partial charge >= 0.3 is 6.09 Å². The Morgan fingerprint density at radius 2 is 2.03 bits per heavy atom. The monoisotopic (exact) mass is 465 g/mol. The zero-order valence-corrected chi connectivity index (χ0v) is 19.9. The molecule has 9 heteroatoms. The standard InChI is InChI=1S/C23H24N4O4.C2H7N/c1-15-21(30-14-17-2-4-18(12-24)25-13-17)7-5-19-20(26-31-22(15)19)6-3-16-8-10-27(11-9-16)23(28)29;1-3-2/h2,4-5,7,13,16H,3,6,8-11,14H2,1H3,(H,28,29);3H,1-2H3. The van der Waals surface area contributed by atoms with Crippen molar-refractivity contribution in [3.8, 4) is 11.8 Å². The van der Waals surface area contributed by atoms with Gasteiger partial charge in [0.25, 0.3) is 0 Å². The number of hydrogen-bond acceptors (Lipinski definition) is 7. The third-order valence-corrected chi connectivity index (χ3v) is 5.92. The van der Waals surface area contributed by atoms with Crippen LogP contribution in [0.4, 0.5) is 4.79 Å². The molecule has 3 aromatic rings. The second-order valence-electron chi connectivity index (χ2n) is 8.40. The van der Waals surface area contributed by atoms with Crippen LogP contribution in [0.5, 0.6) is 5.75 Å². The number of nitriles is 1. The van der Waals surface area contributed by atoms with Crippen LogP contribution in [-0.4, -0.2) is 53.4 Å². The van der Waals surface area contributed by atoms with Crippen molar-refractivity contribution in [2.24, 2.45) is 5.92 Å². The van der Waals surface area contributed by atoms with E-state index in [-0.39, 0.29) is 0 Å². The van der Waals surface area contributed by atoms with E-state index in [1.807, 2.05) is 45.3 Å². The van der Waals surface area contributed by atoms with Crippen molar-refractivity contribution in [1.29, 1.82) is 5.26 Å². The fraction of sp³-hybridized carbons (Fsp3) is 0.440. The van der Waals surface area contributed by atoms with Crippen molar-refractivity contribution < 1.29 is 19.2 Å². The highest BCUT2D eigenvalue weighted by molar-refractivity contribution is 5.84. The van der Waals surface area contributed by atoms with Gasteiger partial charge in [-0.15, -0.1) is 0 Å². The summed E-state index contributed by atoms with van der Waals surface area (Å²) in [5.41, 5.74) is 3.81. The molecule has 180 valence electrons. The molecule has 2 N–H and O–H groups in total. The Bertz CT molecular complexity index is 1130. The average Bonchev–Trinajstić information content (AvgIpc) is 3.27. The Balaban J connectivity index is 0.00000103. The van der Waals surface area contributed by atoms with Gasteiger partial charge in [0.2, 0.25) is 0 Å². The summed E-state index contributed by atoms with van der Waals surface area (Å²) in [6, 6.07) is 9.41. The molecule has 0 saturated carbocycles. The minimum absolute atomic E-state index is 0.348. The number of piperidine rings is 1. The molecule has 1 saturated heterocycles. The molecule has 1 fully saturated rings. The summed E-state index contributed by atoms with van der Waals surface area (Å²) in [5, 5.41) is 25.9. The van der Waals surface area contributed by atoms with E-state index in [0.717, 1.165) is 59.2 Å². The van der Waals surface area contributed by atoms with Gasteiger partial charge in [-0.3, -0.25) is 0 Å². The smallest absolute Gasteiger partial charge is 0.407 e. The zero-order valence-electron chi connectivity index (χ0n) is 19.9. The summed E-state index contributed by atoms with van der Waals surface area (Å²) in [5.74, 6) is 1.23. The number of aromatic nitrogens is 2. The van der Waals surface area contributed by atoms with Crippen LogP contribution < -0.4 is 10.1 Å². The predicted octanol–water partition coefficient (Wildman–Crippen LogP) is 4.14. The number of nitrogens with one attached hydrogen (secondary N) is 1. The lowest BCUT2D eigenvalue weighted by Gasteiger charge is -2.29. The molecule has 0 atom stereocenters. The maximum absolute atomic E-state index is 11.0. The van der Waals surface area contributed by atoms with Crippen LogP contribution >= 0.6 is 0 Å². The molecular weight excluding hydrogens is 434 g/mol. The molecule has 0 radical (unpaired) electrons. The average molecular weight is 466 g/mol. The first-order valence-electron chi connectivity index (χ1n) is 11.4. The van der Waals surface area contributed by atoms with Gasteiger partial charge in [0.1, 0.15) is 24.1 Å². The number of carboxylic acid groups (broad SMARTS) is 1. The van der Waals surface area contributed by atoms with Gasteiger partial charge in [-0.25, -0.2) is 9.78 Å². The molecule has 4 rings (SSSR count). The number of nitrogens with zero attached hydrogens (tertiary/aromatic N) is 4. The molecule has 3 heterocycles. The van der Waals surface area contributed by atoms with E-state index in [4.69, 9.17) is 19.6 Å². The Morgan fingerprint density at radius 3 is 2.65 bits per heavy atom. The van der Waals surface area contributed by atoms with Gasteiger partial charge < -0.3 is 24.6 Å². The van der Waals surface area contributed by atoms with Crippen molar-refractivity contribution in [3.63, 3.8) is 0 Å². The molecule has 1 aliphatic rings. The van der Waals surface area contributed by atoms with Crippen LogP contribution in [0.2, 0.25) is 0 Å². The molecule has 34 heavy (non-hydrogen) atoms. The van der Waals surface area contributed by atoms with Gasteiger partial charge in [-0.1, -0.05) is 11.2 Å². The summed E-state index contributed by atoms with van der Waals surface area (Å²) < 4.78 is 11.6. The molecule has 0 unspecified atom stereocenters. The normalized spacial score (nSPS) is 13.8. The molecule has 9 nitrogen and oxygen atoms in total. The van der Waals surface area contributed by atoms with Gasteiger partial charge in [0, 0.05) is 35.8 Å². The molecule has 1 aromatic carbocycles. The molecule has 1 aliphatic heterocycles. The number of aryl methyl sites for hydroxylation is 2. The number of ether oxygens (including phenoxy) is 1. The van der Waals surface area contributed by atoms with E-state index in [1.54, 1.807) is 12.3 Å². The molecule has 1 amide bonds. The minimum Gasteiger partial charge on any atom is -0.488 e. The maximum atomic E-state index is 11.0. The van der Waals surface area contributed by atoms with Gasteiger partial charge in [0.05, 0.1) is 5.69 Å². The summed E-state index contributed by atoms with van der Waals surface area (Å²) in [4.78, 5) is 16.6. The van der Waals surface area contributed by atoms with Crippen LogP contribution in [0, 0.1) is 24.2 Å². The van der Waals surface area contributed by atoms with Crippen LogP contribution in [0.1, 0.15) is 41.8 Å². The Hall–Kier alpha value is -3.64. The van der Waals surface area contributed by atoms with Crippen molar-refractivity contribution in [1.82, 2.24) is 20.4 Å². The Kier molecular flexibility index (Phi) is 8.82. The Labute approximate surface area is 199 Å². The van der Waals surface area contributed by atoms with E-state index in [2.05, 4.69) is 15.5 Å². The highest BCUT2D eigenvalue weighted by atomic mass is 16.5. The highest BCUT2D eigenvalue weighted by Crippen LogP contribution is 2.31. The van der Waals surface area contributed by atoms with Crippen molar-refractivity contribution >= 4 is 17.1 Å². The topological polar surface area (TPSA) is 125 Å². The van der Waals surface area contributed by atoms with Crippen LogP contribution in [0.15, 0.2) is 35.0 Å². The second kappa shape index (κ2) is 12.0. The number of rotatable bonds is 6. The fourth-order valence-corrected chi connectivity index (χ4v) is 4.00. The first-order chi connectivity index (χ1) is 16.5. The van der Waals surface area contributed by atoms with E-state index < -0.39 is 6.09 Å². The molecule has 2 aromatic heterocycles. The molecule has 0 aliphatic carbocycles. The van der Waals surface area contributed by atoms with Crippen LogP contribution in [-0.2, 0) is 13.0 Å². The van der Waals surface area contributed by atoms with Crippen molar-refractivity contribution in [2.45, 2.75) is 39.2 Å².